The van der Waals surface area contributed by atoms with E-state index in [0.717, 1.165) is 5.69 Å². The molecule has 1 amide bonds. The van der Waals surface area contributed by atoms with Crippen LogP contribution in [0.5, 0.6) is 0 Å². The molecular formula is C14H15N3O3. The van der Waals surface area contributed by atoms with Crippen molar-refractivity contribution in [1.82, 2.24) is 9.78 Å². The quantitative estimate of drug-likeness (QED) is 0.895. The minimum absolute atomic E-state index is 0.223. The molecule has 0 aliphatic carbocycles. The molecule has 0 atom stereocenters. The average molecular weight is 273 g/mol. The number of nitrogens with zero attached hydrogens (tertiary/aromatic N) is 2. The number of carboxylic acid groups (broad SMARTS) is 1. The summed E-state index contributed by atoms with van der Waals surface area (Å²) in [5.74, 6) is -1.25. The third kappa shape index (κ3) is 2.54. The van der Waals surface area contributed by atoms with E-state index in [1.165, 1.54) is 12.3 Å². The van der Waals surface area contributed by atoms with E-state index >= 15 is 0 Å². The monoisotopic (exact) mass is 273 g/mol. The first-order chi connectivity index (χ1) is 9.40. The van der Waals surface area contributed by atoms with Gasteiger partial charge in [-0.05, 0) is 37.6 Å². The number of carbonyl (C=O) groups is 2. The first kappa shape index (κ1) is 13.8. The van der Waals surface area contributed by atoms with Gasteiger partial charge < -0.3 is 10.4 Å². The van der Waals surface area contributed by atoms with E-state index in [1.54, 1.807) is 37.7 Å². The van der Waals surface area contributed by atoms with Crippen LogP contribution >= 0.6 is 0 Å². The van der Waals surface area contributed by atoms with E-state index in [0.29, 0.717) is 16.8 Å². The topological polar surface area (TPSA) is 84.2 Å². The molecule has 0 aliphatic rings. The zero-order chi connectivity index (χ0) is 14.9. The summed E-state index contributed by atoms with van der Waals surface area (Å²) in [6.07, 6.45) is 1.50. The maximum Gasteiger partial charge on any atom is 0.335 e. The molecular weight excluding hydrogens is 258 g/mol. The molecule has 1 aromatic carbocycles. The Bertz CT molecular complexity index is 689. The Kier molecular flexibility index (Phi) is 3.56. The fourth-order valence-corrected chi connectivity index (χ4v) is 1.90. The van der Waals surface area contributed by atoms with Gasteiger partial charge in [-0.25, -0.2) is 4.79 Å². The lowest BCUT2D eigenvalue weighted by Crippen LogP contribution is -2.13. The summed E-state index contributed by atoms with van der Waals surface area (Å²) in [6, 6.07) is 4.68. The van der Waals surface area contributed by atoms with Crippen LogP contribution in [0.4, 0.5) is 5.69 Å². The summed E-state index contributed by atoms with van der Waals surface area (Å²) in [4.78, 5) is 23.0. The van der Waals surface area contributed by atoms with Gasteiger partial charge in [0.15, 0.2) is 0 Å². The Labute approximate surface area is 116 Å². The second-order valence-electron chi connectivity index (χ2n) is 4.56. The standard InChI is InChI=1S/C14H15N3O3/c1-8-6-10(4-5-11(8)14(19)20)16-13(18)12-7-15-17(3)9(12)2/h4-7H,1-3H3,(H,16,18)(H,19,20). The highest BCUT2D eigenvalue weighted by Crippen LogP contribution is 2.17. The SMILES string of the molecule is Cc1cc(NC(=O)c2cnn(C)c2C)ccc1C(=O)O. The highest BCUT2D eigenvalue weighted by atomic mass is 16.4. The number of carbonyl (C=O) groups excluding carboxylic acids is 1. The smallest absolute Gasteiger partial charge is 0.335 e. The van der Waals surface area contributed by atoms with Crippen LogP contribution in [0, 0.1) is 13.8 Å². The summed E-state index contributed by atoms with van der Waals surface area (Å²) in [5, 5.41) is 15.7. The van der Waals surface area contributed by atoms with Crippen molar-refractivity contribution in [3.8, 4) is 0 Å². The van der Waals surface area contributed by atoms with Crippen molar-refractivity contribution < 1.29 is 14.7 Å². The van der Waals surface area contributed by atoms with Crippen LogP contribution in [0.3, 0.4) is 0 Å². The fraction of sp³-hybridized carbons (Fsp3) is 0.214. The van der Waals surface area contributed by atoms with Crippen molar-refractivity contribution in [2.24, 2.45) is 7.05 Å². The van der Waals surface area contributed by atoms with Crippen LogP contribution in [0.2, 0.25) is 0 Å². The molecule has 6 nitrogen and oxygen atoms in total. The molecule has 0 aliphatic heterocycles. The van der Waals surface area contributed by atoms with Gasteiger partial charge in [0, 0.05) is 18.4 Å². The number of hydrogen-bond donors (Lipinski definition) is 2. The average Bonchev–Trinajstić information content (AvgIpc) is 2.69. The Balaban J connectivity index is 2.22. The second-order valence-corrected chi connectivity index (χ2v) is 4.56. The minimum atomic E-state index is -0.983. The number of aromatic nitrogens is 2. The molecule has 104 valence electrons. The summed E-state index contributed by atoms with van der Waals surface area (Å²) in [7, 11) is 1.76. The predicted octanol–water partition coefficient (Wildman–Crippen LogP) is 1.99. The second kappa shape index (κ2) is 5.16. The van der Waals surface area contributed by atoms with E-state index in [2.05, 4.69) is 10.4 Å². The van der Waals surface area contributed by atoms with Gasteiger partial charge in [-0.15, -0.1) is 0 Å². The van der Waals surface area contributed by atoms with Gasteiger partial charge in [0.05, 0.1) is 17.3 Å². The minimum Gasteiger partial charge on any atom is -0.478 e. The lowest BCUT2D eigenvalue weighted by Gasteiger charge is -2.07. The Hall–Kier alpha value is -2.63. The summed E-state index contributed by atoms with van der Waals surface area (Å²) in [6.45, 7) is 3.50. The van der Waals surface area contributed by atoms with Gasteiger partial charge in [-0.3, -0.25) is 9.48 Å². The van der Waals surface area contributed by atoms with Crippen LogP contribution in [0.15, 0.2) is 24.4 Å². The van der Waals surface area contributed by atoms with Gasteiger partial charge in [0.25, 0.3) is 5.91 Å². The first-order valence-electron chi connectivity index (χ1n) is 6.04. The van der Waals surface area contributed by atoms with E-state index in [1.807, 2.05) is 0 Å². The Morgan fingerprint density at radius 3 is 2.45 bits per heavy atom. The number of benzene rings is 1. The zero-order valence-corrected chi connectivity index (χ0v) is 11.5. The van der Waals surface area contributed by atoms with Crippen molar-refractivity contribution in [3.05, 3.63) is 46.8 Å². The van der Waals surface area contributed by atoms with Crippen molar-refractivity contribution in [1.29, 1.82) is 0 Å². The number of amides is 1. The summed E-state index contributed by atoms with van der Waals surface area (Å²) < 4.78 is 1.62. The molecule has 0 unspecified atom stereocenters. The molecule has 0 saturated heterocycles. The van der Waals surface area contributed by atoms with E-state index in [4.69, 9.17) is 5.11 Å². The van der Waals surface area contributed by atoms with Crippen LogP contribution in [0.25, 0.3) is 0 Å². The number of aromatic carboxylic acids is 1. The van der Waals surface area contributed by atoms with E-state index in [-0.39, 0.29) is 11.5 Å². The normalized spacial score (nSPS) is 10.3. The Morgan fingerprint density at radius 2 is 1.95 bits per heavy atom. The van der Waals surface area contributed by atoms with Gasteiger partial charge >= 0.3 is 5.97 Å². The first-order valence-corrected chi connectivity index (χ1v) is 6.04. The van der Waals surface area contributed by atoms with Gasteiger partial charge in [0.2, 0.25) is 0 Å². The number of carboxylic acids is 1. The van der Waals surface area contributed by atoms with Crippen LogP contribution < -0.4 is 5.32 Å². The molecule has 0 fully saturated rings. The van der Waals surface area contributed by atoms with E-state index in [9.17, 15) is 9.59 Å². The van der Waals surface area contributed by atoms with Gasteiger partial charge in [0.1, 0.15) is 0 Å². The molecule has 2 aromatic rings. The molecule has 1 heterocycles. The highest BCUT2D eigenvalue weighted by molar-refractivity contribution is 6.05. The zero-order valence-electron chi connectivity index (χ0n) is 11.5. The largest absolute Gasteiger partial charge is 0.478 e. The fourth-order valence-electron chi connectivity index (χ4n) is 1.90. The third-order valence-electron chi connectivity index (χ3n) is 3.19. The molecule has 1 aromatic heterocycles. The lowest BCUT2D eigenvalue weighted by atomic mass is 10.1. The maximum atomic E-state index is 12.1. The Morgan fingerprint density at radius 1 is 1.25 bits per heavy atom. The summed E-state index contributed by atoms with van der Waals surface area (Å²) in [5.41, 5.74) is 2.63. The molecule has 0 bridgehead atoms. The molecule has 2 rings (SSSR count). The molecule has 6 heteroatoms. The maximum absolute atomic E-state index is 12.1. The van der Waals surface area contributed by atoms with Gasteiger partial charge in [-0.2, -0.15) is 5.10 Å². The van der Waals surface area contributed by atoms with Gasteiger partial charge in [-0.1, -0.05) is 0 Å². The molecule has 0 spiro atoms. The number of rotatable bonds is 3. The molecule has 0 saturated carbocycles. The molecule has 0 radical (unpaired) electrons. The number of anilines is 1. The third-order valence-corrected chi connectivity index (χ3v) is 3.19. The predicted molar refractivity (Wildman–Crippen MR) is 74.0 cm³/mol. The highest BCUT2D eigenvalue weighted by Gasteiger charge is 2.14. The summed E-state index contributed by atoms with van der Waals surface area (Å²) >= 11 is 0. The van der Waals surface area contributed by atoms with Crippen molar-refractivity contribution in [2.45, 2.75) is 13.8 Å². The van der Waals surface area contributed by atoms with Crippen LogP contribution in [-0.4, -0.2) is 26.8 Å². The lowest BCUT2D eigenvalue weighted by molar-refractivity contribution is 0.0696. The van der Waals surface area contributed by atoms with Crippen molar-refractivity contribution >= 4 is 17.6 Å². The van der Waals surface area contributed by atoms with Crippen LogP contribution in [0.1, 0.15) is 32.0 Å². The molecule has 2 N–H and O–H groups in total. The van der Waals surface area contributed by atoms with E-state index < -0.39 is 5.97 Å². The van der Waals surface area contributed by atoms with Crippen molar-refractivity contribution in [2.75, 3.05) is 5.32 Å². The number of nitrogens with one attached hydrogen (secondary N) is 1. The van der Waals surface area contributed by atoms with Crippen LogP contribution in [-0.2, 0) is 7.05 Å². The number of aryl methyl sites for hydroxylation is 2. The molecule has 20 heavy (non-hydrogen) atoms. The van der Waals surface area contributed by atoms with Crippen molar-refractivity contribution in [3.63, 3.8) is 0 Å². The number of hydrogen-bond acceptors (Lipinski definition) is 3.